The Balaban J connectivity index is 2.68. The largest absolute Gasteiger partial charge is 0.330 e. The highest BCUT2D eigenvalue weighted by Gasteiger charge is 2.06. The summed E-state index contributed by atoms with van der Waals surface area (Å²) in [6, 6.07) is 5.39. The molecule has 0 fully saturated rings. The predicted molar refractivity (Wildman–Crippen MR) is 67.2 cm³/mol. The van der Waals surface area contributed by atoms with Gasteiger partial charge >= 0.3 is 5.69 Å². The Kier molecular flexibility index (Phi) is 3.10. The molecule has 0 saturated heterocycles. The first-order valence-electron chi connectivity index (χ1n) is 5.57. The van der Waals surface area contributed by atoms with E-state index >= 15 is 0 Å². The smallest absolute Gasteiger partial charge is 0.328 e. The number of rotatable bonds is 3. The SMILES string of the molecule is Cc1ccc2c(=O)n(CCCN)c(=O)[nH]c2c1. The lowest BCUT2D eigenvalue weighted by molar-refractivity contribution is 0.603. The summed E-state index contributed by atoms with van der Waals surface area (Å²) in [6.07, 6.45) is 0.611. The van der Waals surface area contributed by atoms with Crippen molar-refractivity contribution < 1.29 is 0 Å². The van der Waals surface area contributed by atoms with Gasteiger partial charge in [-0.1, -0.05) is 6.07 Å². The fourth-order valence-corrected chi connectivity index (χ4v) is 1.82. The number of hydrogen-bond acceptors (Lipinski definition) is 3. The van der Waals surface area contributed by atoms with Gasteiger partial charge in [0.1, 0.15) is 0 Å². The minimum Gasteiger partial charge on any atom is -0.330 e. The standard InChI is InChI=1S/C12H15N3O2/c1-8-3-4-9-10(7-8)14-12(17)15(11(9)16)6-2-5-13/h3-4,7H,2,5-6,13H2,1H3,(H,14,17). The zero-order chi connectivity index (χ0) is 12.4. The van der Waals surface area contributed by atoms with Crippen LogP contribution < -0.4 is 17.0 Å². The number of nitrogens with two attached hydrogens (primary N) is 1. The number of aromatic nitrogens is 2. The maximum Gasteiger partial charge on any atom is 0.328 e. The molecule has 0 radical (unpaired) electrons. The van der Waals surface area contributed by atoms with E-state index in [2.05, 4.69) is 4.98 Å². The Bertz CT molecular complexity index is 655. The fourth-order valence-electron chi connectivity index (χ4n) is 1.82. The monoisotopic (exact) mass is 233 g/mol. The van der Waals surface area contributed by atoms with Gasteiger partial charge < -0.3 is 10.7 Å². The minimum absolute atomic E-state index is 0.253. The third kappa shape index (κ3) is 2.14. The predicted octanol–water partition coefficient (Wildman–Crippen LogP) is 0.347. The molecule has 1 heterocycles. The average Bonchev–Trinajstić information content (AvgIpc) is 2.28. The minimum atomic E-state index is -0.374. The Morgan fingerprint density at radius 1 is 1.35 bits per heavy atom. The maximum atomic E-state index is 12.1. The van der Waals surface area contributed by atoms with Crippen molar-refractivity contribution >= 4 is 10.9 Å². The number of nitrogens with one attached hydrogen (secondary N) is 1. The first-order valence-corrected chi connectivity index (χ1v) is 5.57. The molecule has 90 valence electrons. The molecule has 1 aromatic carbocycles. The van der Waals surface area contributed by atoms with Crippen molar-refractivity contribution in [3.05, 3.63) is 44.6 Å². The molecule has 0 aliphatic carbocycles. The zero-order valence-electron chi connectivity index (χ0n) is 9.69. The van der Waals surface area contributed by atoms with Crippen LogP contribution in [0.1, 0.15) is 12.0 Å². The maximum absolute atomic E-state index is 12.1. The number of aryl methyl sites for hydroxylation is 1. The molecule has 0 aliphatic heterocycles. The molecular formula is C12H15N3O2. The molecule has 5 heteroatoms. The summed E-state index contributed by atoms with van der Waals surface area (Å²) in [4.78, 5) is 26.5. The summed E-state index contributed by atoms with van der Waals surface area (Å²) in [5.74, 6) is 0. The third-order valence-corrected chi connectivity index (χ3v) is 2.72. The Hall–Kier alpha value is -1.88. The van der Waals surface area contributed by atoms with Crippen LogP contribution in [0, 0.1) is 6.92 Å². The van der Waals surface area contributed by atoms with Gasteiger partial charge in [0.05, 0.1) is 10.9 Å². The van der Waals surface area contributed by atoms with Gasteiger partial charge in [-0.2, -0.15) is 0 Å². The summed E-state index contributed by atoms with van der Waals surface area (Å²) in [7, 11) is 0. The second-order valence-electron chi connectivity index (χ2n) is 4.08. The normalized spacial score (nSPS) is 10.9. The summed E-state index contributed by atoms with van der Waals surface area (Å²) >= 11 is 0. The highest BCUT2D eigenvalue weighted by Crippen LogP contribution is 2.07. The van der Waals surface area contributed by atoms with Gasteiger partial charge in [0.25, 0.3) is 5.56 Å². The van der Waals surface area contributed by atoms with Crippen LogP contribution in [0.5, 0.6) is 0 Å². The van der Waals surface area contributed by atoms with Crippen molar-refractivity contribution in [1.29, 1.82) is 0 Å². The summed E-state index contributed by atoms with van der Waals surface area (Å²) in [5.41, 5.74) is 6.35. The Labute approximate surface area is 97.9 Å². The van der Waals surface area contributed by atoms with Crippen molar-refractivity contribution in [1.82, 2.24) is 9.55 Å². The van der Waals surface area contributed by atoms with Crippen LogP contribution in [0.3, 0.4) is 0 Å². The molecule has 5 nitrogen and oxygen atoms in total. The van der Waals surface area contributed by atoms with Crippen molar-refractivity contribution in [2.75, 3.05) is 6.54 Å². The van der Waals surface area contributed by atoms with Crippen LogP contribution in [0.2, 0.25) is 0 Å². The van der Waals surface area contributed by atoms with Crippen LogP contribution in [0.4, 0.5) is 0 Å². The Morgan fingerprint density at radius 3 is 2.82 bits per heavy atom. The molecule has 0 atom stereocenters. The van der Waals surface area contributed by atoms with Gasteiger partial charge in [-0.05, 0) is 37.6 Å². The molecule has 0 unspecified atom stereocenters. The Morgan fingerprint density at radius 2 is 2.12 bits per heavy atom. The molecule has 0 aliphatic rings. The van der Waals surface area contributed by atoms with Crippen LogP contribution in [0.25, 0.3) is 10.9 Å². The fraction of sp³-hybridized carbons (Fsp3) is 0.333. The van der Waals surface area contributed by atoms with E-state index in [1.165, 1.54) is 4.57 Å². The first-order chi connectivity index (χ1) is 8.13. The summed E-state index contributed by atoms with van der Waals surface area (Å²) in [6.45, 7) is 2.73. The summed E-state index contributed by atoms with van der Waals surface area (Å²) in [5, 5.41) is 0.534. The molecule has 17 heavy (non-hydrogen) atoms. The van der Waals surface area contributed by atoms with E-state index in [9.17, 15) is 9.59 Å². The van der Waals surface area contributed by atoms with E-state index < -0.39 is 0 Å². The van der Waals surface area contributed by atoms with E-state index in [1.807, 2.05) is 13.0 Å². The molecule has 2 aromatic rings. The van der Waals surface area contributed by atoms with Gasteiger partial charge in [-0.3, -0.25) is 9.36 Å². The van der Waals surface area contributed by atoms with Crippen LogP contribution in [-0.2, 0) is 6.54 Å². The molecule has 3 N–H and O–H groups in total. The van der Waals surface area contributed by atoms with Crippen molar-refractivity contribution in [3.63, 3.8) is 0 Å². The molecule has 0 bridgehead atoms. The number of fused-ring (bicyclic) bond motifs is 1. The van der Waals surface area contributed by atoms with Crippen molar-refractivity contribution in [3.8, 4) is 0 Å². The third-order valence-electron chi connectivity index (χ3n) is 2.72. The lowest BCUT2D eigenvalue weighted by atomic mass is 10.2. The van der Waals surface area contributed by atoms with E-state index in [0.29, 0.717) is 30.4 Å². The lowest BCUT2D eigenvalue weighted by Gasteiger charge is -2.05. The zero-order valence-corrected chi connectivity index (χ0v) is 9.69. The number of benzene rings is 1. The molecule has 0 saturated carbocycles. The van der Waals surface area contributed by atoms with Crippen LogP contribution >= 0.6 is 0 Å². The van der Waals surface area contributed by atoms with E-state index in [0.717, 1.165) is 5.56 Å². The number of H-pyrrole nitrogens is 1. The second kappa shape index (κ2) is 4.55. The summed E-state index contributed by atoms with van der Waals surface area (Å²) < 4.78 is 1.20. The topological polar surface area (TPSA) is 80.9 Å². The molecule has 0 spiro atoms. The number of aromatic amines is 1. The van der Waals surface area contributed by atoms with Crippen molar-refractivity contribution in [2.45, 2.75) is 19.9 Å². The van der Waals surface area contributed by atoms with Gasteiger partial charge in [-0.25, -0.2) is 4.79 Å². The second-order valence-corrected chi connectivity index (χ2v) is 4.08. The van der Waals surface area contributed by atoms with Crippen LogP contribution in [-0.4, -0.2) is 16.1 Å². The quantitative estimate of drug-likeness (QED) is 0.802. The average molecular weight is 233 g/mol. The molecular weight excluding hydrogens is 218 g/mol. The van der Waals surface area contributed by atoms with E-state index in [-0.39, 0.29) is 11.2 Å². The van der Waals surface area contributed by atoms with E-state index in [4.69, 9.17) is 5.73 Å². The first kappa shape index (κ1) is 11.6. The number of nitrogens with zero attached hydrogens (tertiary/aromatic N) is 1. The highest BCUT2D eigenvalue weighted by molar-refractivity contribution is 5.77. The van der Waals surface area contributed by atoms with Gasteiger partial charge in [-0.15, -0.1) is 0 Å². The molecule has 0 amide bonds. The van der Waals surface area contributed by atoms with E-state index in [1.54, 1.807) is 12.1 Å². The van der Waals surface area contributed by atoms with Crippen molar-refractivity contribution in [2.24, 2.45) is 5.73 Å². The molecule has 1 aromatic heterocycles. The van der Waals surface area contributed by atoms with Gasteiger partial charge in [0, 0.05) is 6.54 Å². The van der Waals surface area contributed by atoms with Gasteiger partial charge in [0.15, 0.2) is 0 Å². The van der Waals surface area contributed by atoms with Crippen LogP contribution in [0.15, 0.2) is 27.8 Å². The highest BCUT2D eigenvalue weighted by atomic mass is 16.2. The lowest BCUT2D eigenvalue weighted by Crippen LogP contribution is -2.35. The van der Waals surface area contributed by atoms with Gasteiger partial charge in [0.2, 0.25) is 0 Å². The number of hydrogen-bond donors (Lipinski definition) is 2. The molecule has 2 rings (SSSR count).